The van der Waals surface area contributed by atoms with E-state index in [2.05, 4.69) is 20.1 Å². The number of aromatic nitrogens is 4. The quantitative estimate of drug-likeness (QED) is 0.294. The lowest BCUT2D eigenvalue weighted by atomic mass is 9.78. The number of piperidine rings is 2. The molecule has 0 saturated carbocycles. The van der Waals surface area contributed by atoms with Crippen LogP contribution in [-0.2, 0) is 17.9 Å². The first-order valence-corrected chi connectivity index (χ1v) is 15.2. The Morgan fingerprint density at radius 1 is 1.06 bits per heavy atom. The van der Waals surface area contributed by atoms with Crippen LogP contribution in [0.3, 0.4) is 0 Å². The molecule has 6 rings (SSSR count). The van der Waals surface area contributed by atoms with E-state index in [1.807, 2.05) is 42.5 Å². The van der Waals surface area contributed by atoms with Gasteiger partial charge < -0.3 is 20.5 Å². The molecule has 4 heterocycles. The van der Waals surface area contributed by atoms with E-state index in [0.717, 1.165) is 39.2 Å². The van der Waals surface area contributed by atoms with Crippen molar-refractivity contribution in [3.63, 3.8) is 0 Å². The number of nitrogen functional groups attached to an aromatic ring is 1. The second kappa shape index (κ2) is 13.1. The maximum absolute atomic E-state index is 15.8. The monoisotopic (exact) mass is 649 g/mol. The van der Waals surface area contributed by atoms with Gasteiger partial charge in [0.15, 0.2) is 5.69 Å². The predicted octanol–water partition coefficient (Wildman–Crippen LogP) is 3.45. The number of hydrogen-bond donors (Lipinski definition) is 2. The van der Waals surface area contributed by atoms with Gasteiger partial charge in [-0.1, -0.05) is 30.3 Å². The van der Waals surface area contributed by atoms with Crippen LogP contribution in [0.4, 0.5) is 18.9 Å². The van der Waals surface area contributed by atoms with E-state index in [1.54, 1.807) is 6.20 Å². The topological polar surface area (TPSA) is 140 Å². The second-order valence-electron chi connectivity index (χ2n) is 12.1. The van der Waals surface area contributed by atoms with Gasteiger partial charge in [-0.15, -0.1) is 0 Å². The van der Waals surface area contributed by atoms with E-state index in [0.29, 0.717) is 26.1 Å². The van der Waals surface area contributed by atoms with Gasteiger partial charge in [-0.2, -0.15) is 10.2 Å². The summed E-state index contributed by atoms with van der Waals surface area (Å²) in [5.41, 5.74) is 3.63. The van der Waals surface area contributed by atoms with Crippen molar-refractivity contribution in [2.24, 2.45) is 5.92 Å². The summed E-state index contributed by atoms with van der Waals surface area (Å²) in [7, 11) is 0. The third-order valence-electron chi connectivity index (χ3n) is 8.93. The third kappa shape index (κ3) is 6.83. The van der Waals surface area contributed by atoms with Crippen LogP contribution in [0.1, 0.15) is 30.0 Å². The standard InChI is InChI=1S/C33H34F3N7O4/c34-23-8-10-25(11-9-23)47-29-28(37)31(45)43(21-38-29)19-32(46)13-16-42(20-33(32,35)36)30(44)26-12-15-41(17-24-7-4-14-39-40-24)18-27(26)22-5-2-1-3-6-22/h1-11,14,21,26-27,46H,12-13,15-20,37H2/t26-,27+,32+/m1/s1. The molecule has 0 radical (unpaired) electrons. The number of carbonyl (C=O) groups excluding carboxylic acids is 1. The number of likely N-dealkylation sites (tertiary alicyclic amines) is 2. The molecule has 3 N–H and O–H groups in total. The van der Waals surface area contributed by atoms with Crippen molar-refractivity contribution in [3.8, 4) is 11.6 Å². The van der Waals surface area contributed by atoms with Crippen molar-refractivity contribution < 1.29 is 27.8 Å². The number of aliphatic hydroxyl groups is 1. The van der Waals surface area contributed by atoms with Gasteiger partial charge in [0.05, 0.1) is 18.8 Å². The number of nitrogens with zero attached hydrogens (tertiary/aromatic N) is 6. The van der Waals surface area contributed by atoms with Gasteiger partial charge in [0, 0.05) is 44.1 Å². The summed E-state index contributed by atoms with van der Waals surface area (Å²) in [6.07, 6.45) is 2.54. The highest BCUT2D eigenvalue weighted by atomic mass is 19.3. The molecule has 0 aliphatic carbocycles. The average Bonchev–Trinajstić information content (AvgIpc) is 3.07. The summed E-state index contributed by atoms with van der Waals surface area (Å²) in [5.74, 6) is -5.56. The minimum absolute atomic E-state index is 0.129. The number of halogens is 3. The number of anilines is 1. The normalized spacial score (nSPS) is 22.9. The van der Waals surface area contributed by atoms with E-state index < -0.39 is 59.9 Å². The van der Waals surface area contributed by atoms with Crippen molar-refractivity contribution in [2.75, 3.05) is 31.9 Å². The highest BCUT2D eigenvalue weighted by Crippen LogP contribution is 2.41. The minimum atomic E-state index is -3.76. The number of rotatable bonds is 8. The Labute approximate surface area is 268 Å². The van der Waals surface area contributed by atoms with Gasteiger partial charge in [0.1, 0.15) is 23.5 Å². The van der Waals surface area contributed by atoms with Crippen LogP contribution in [0.5, 0.6) is 11.6 Å². The number of amides is 1. The summed E-state index contributed by atoms with van der Waals surface area (Å²) >= 11 is 0. The van der Waals surface area contributed by atoms with Gasteiger partial charge in [0.2, 0.25) is 11.8 Å². The van der Waals surface area contributed by atoms with Crippen molar-refractivity contribution in [2.45, 2.75) is 43.4 Å². The SMILES string of the molecule is Nc1c(Oc2ccc(F)cc2)ncn(C[C@@]2(O)CCN(C(=O)[C@@H]3CCN(Cc4cccnn4)C[C@H]3c3ccccc3)CC2(F)F)c1=O. The summed E-state index contributed by atoms with van der Waals surface area (Å²) in [4.78, 5) is 34.2. The number of alkyl halides is 2. The van der Waals surface area contributed by atoms with Crippen molar-refractivity contribution >= 4 is 11.6 Å². The molecule has 0 spiro atoms. The first-order valence-electron chi connectivity index (χ1n) is 15.2. The second-order valence-corrected chi connectivity index (χ2v) is 12.1. The predicted molar refractivity (Wildman–Crippen MR) is 165 cm³/mol. The van der Waals surface area contributed by atoms with Crippen LogP contribution in [-0.4, -0.2) is 78.3 Å². The highest BCUT2D eigenvalue weighted by molar-refractivity contribution is 5.80. The molecule has 14 heteroatoms. The number of ether oxygens (including phenoxy) is 1. The summed E-state index contributed by atoms with van der Waals surface area (Å²) in [5, 5.41) is 19.3. The number of nitrogens with two attached hydrogens (primary N) is 1. The van der Waals surface area contributed by atoms with E-state index >= 15 is 8.78 Å². The van der Waals surface area contributed by atoms with Crippen LogP contribution < -0.4 is 16.0 Å². The van der Waals surface area contributed by atoms with Gasteiger partial charge in [-0.05, 0) is 54.9 Å². The fraction of sp³-hybridized carbons (Fsp3) is 0.364. The maximum atomic E-state index is 15.8. The molecule has 11 nitrogen and oxygen atoms in total. The van der Waals surface area contributed by atoms with Crippen LogP contribution in [0.25, 0.3) is 0 Å². The van der Waals surface area contributed by atoms with Crippen molar-refractivity contribution in [1.82, 2.24) is 29.5 Å². The van der Waals surface area contributed by atoms with Gasteiger partial charge in [-0.3, -0.25) is 19.1 Å². The molecule has 0 unspecified atom stereocenters. The van der Waals surface area contributed by atoms with Gasteiger partial charge >= 0.3 is 0 Å². The van der Waals surface area contributed by atoms with E-state index in [1.165, 1.54) is 12.1 Å². The largest absolute Gasteiger partial charge is 0.437 e. The fourth-order valence-corrected chi connectivity index (χ4v) is 6.31. The molecule has 2 aliphatic heterocycles. The number of hydrogen-bond acceptors (Lipinski definition) is 9. The number of benzene rings is 2. The van der Waals surface area contributed by atoms with E-state index in [4.69, 9.17) is 10.5 Å². The molecule has 3 atom stereocenters. The zero-order valence-corrected chi connectivity index (χ0v) is 25.4. The van der Waals surface area contributed by atoms with E-state index in [9.17, 15) is 19.1 Å². The van der Waals surface area contributed by atoms with Crippen LogP contribution in [0, 0.1) is 11.7 Å². The molecule has 4 aromatic rings. The van der Waals surface area contributed by atoms with Crippen LogP contribution in [0.2, 0.25) is 0 Å². The average molecular weight is 650 g/mol. The minimum Gasteiger partial charge on any atom is -0.437 e. The van der Waals surface area contributed by atoms with Crippen molar-refractivity contribution in [1.29, 1.82) is 0 Å². The molecular formula is C33H34F3N7O4. The Balaban J connectivity index is 1.15. The van der Waals surface area contributed by atoms with Crippen molar-refractivity contribution in [3.05, 3.63) is 107 Å². The van der Waals surface area contributed by atoms with Gasteiger partial charge in [0.25, 0.3) is 11.5 Å². The number of carbonyl (C=O) groups is 1. The molecule has 47 heavy (non-hydrogen) atoms. The lowest BCUT2D eigenvalue weighted by Crippen LogP contribution is -2.64. The molecule has 2 fully saturated rings. The maximum Gasteiger partial charge on any atom is 0.295 e. The zero-order valence-electron chi connectivity index (χ0n) is 25.4. The molecule has 1 amide bonds. The summed E-state index contributed by atoms with van der Waals surface area (Å²) < 4.78 is 51.0. The van der Waals surface area contributed by atoms with Crippen LogP contribution in [0.15, 0.2) is 84.0 Å². The molecular weight excluding hydrogens is 615 g/mol. The molecule has 246 valence electrons. The first-order chi connectivity index (χ1) is 22.5. The summed E-state index contributed by atoms with van der Waals surface area (Å²) in [6, 6.07) is 18.1. The smallest absolute Gasteiger partial charge is 0.295 e. The lowest BCUT2D eigenvalue weighted by Gasteiger charge is -2.46. The first kappa shape index (κ1) is 32.1. The van der Waals surface area contributed by atoms with E-state index in [-0.39, 0.29) is 24.1 Å². The summed E-state index contributed by atoms with van der Waals surface area (Å²) in [6.45, 7) is -0.290. The Hall–Kier alpha value is -4.82. The molecule has 2 aliphatic rings. The Kier molecular flexibility index (Phi) is 8.97. The third-order valence-corrected chi connectivity index (χ3v) is 8.93. The Bertz CT molecular complexity index is 1760. The fourth-order valence-electron chi connectivity index (χ4n) is 6.31. The Morgan fingerprint density at radius 3 is 2.53 bits per heavy atom. The van der Waals surface area contributed by atoms with Crippen LogP contribution >= 0.6 is 0 Å². The Morgan fingerprint density at radius 2 is 1.83 bits per heavy atom. The highest BCUT2D eigenvalue weighted by Gasteiger charge is 2.57. The molecule has 2 aromatic carbocycles. The molecule has 2 saturated heterocycles. The molecule has 2 aromatic heterocycles. The molecule has 0 bridgehead atoms. The van der Waals surface area contributed by atoms with Gasteiger partial charge in [-0.25, -0.2) is 18.2 Å². The zero-order chi connectivity index (χ0) is 33.2. The lowest BCUT2D eigenvalue weighted by molar-refractivity contribution is -0.223.